The number of ether oxygens (including phenoxy) is 1. The Morgan fingerprint density at radius 2 is 2.00 bits per heavy atom. The Hall–Kier alpha value is -2.30. The summed E-state index contributed by atoms with van der Waals surface area (Å²) in [5.74, 6) is 0.729. The average molecular weight is 301 g/mol. The van der Waals surface area contributed by atoms with E-state index in [-0.39, 0.29) is 6.04 Å². The van der Waals surface area contributed by atoms with Gasteiger partial charge < -0.3 is 15.0 Å². The SMILES string of the molecule is Cc1cnc([C@H](Cc2ccccc2)NC(=O)OC(C)(C)C)[nH]1. The molecule has 0 fully saturated rings. The number of carbonyl (C=O) groups is 1. The van der Waals surface area contributed by atoms with Crippen LogP contribution in [0.2, 0.25) is 0 Å². The van der Waals surface area contributed by atoms with Gasteiger partial charge in [-0.15, -0.1) is 0 Å². The van der Waals surface area contributed by atoms with Crippen molar-refractivity contribution in [2.24, 2.45) is 0 Å². The van der Waals surface area contributed by atoms with Crippen molar-refractivity contribution in [3.63, 3.8) is 0 Å². The predicted octanol–water partition coefficient (Wildman–Crippen LogP) is 3.53. The Bertz CT molecular complexity index is 614. The number of rotatable bonds is 4. The molecule has 22 heavy (non-hydrogen) atoms. The van der Waals surface area contributed by atoms with Gasteiger partial charge in [-0.05, 0) is 33.3 Å². The van der Waals surface area contributed by atoms with Crippen molar-refractivity contribution in [2.45, 2.75) is 45.8 Å². The maximum atomic E-state index is 12.1. The van der Waals surface area contributed by atoms with E-state index in [1.807, 2.05) is 58.0 Å². The Labute approximate surface area is 131 Å². The van der Waals surface area contributed by atoms with Gasteiger partial charge in [0.25, 0.3) is 0 Å². The van der Waals surface area contributed by atoms with E-state index in [0.717, 1.165) is 17.1 Å². The molecule has 0 unspecified atom stereocenters. The largest absolute Gasteiger partial charge is 0.444 e. The first-order valence-corrected chi connectivity index (χ1v) is 7.38. The molecular weight excluding hydrogens is 278 g/mol. The summed E-state index contributed by atoms with van der Waals surface area (Å²) in [7, 11) is 0. The van der Waals surface area contributed by atoms with Crippen molar-refractivity contribution in [2.75, 3.05) is 0 Å². The minimum absolute atomic E-state index is 0.258. The molecule has 0 spiro atoms. The van der Waals surface area contributed by atoms with Crippen LogP contribution in [0.1, 0.15) is 43.9 Å². The number of aromatic nitrogens is 2. The maximum absolute atomic E-state index is 12.1. The quantitative estimate of drug-likeness (QED) is 0.908. The fraction of sp³-hybridized carbons (Fsp3) is 0.412. The zero-order chi connectivity index (χ0) is 16.2. The highest BCUT2D eigenvalue weighted by Gasteiger charge is 2.22. The van der Waals surface area contributed by atoms with E-state index in [1.165, 1.54) is 0 Å². The molecule has 118 valence electrons. The van der Waals surface area contributed by atoms with Crippen LogP contribution in [0, 0.1) is 6.92 Å². The van der Waals surface area contributed by atoms with Crippen LogP contribution >= 0.6 is 0 Å². The summed E-state index contributed by atoms with van der Waals surface area (Å²) in [5.41, 5.74) is 1.55. The first-order chi connectivity index (χ1) is 10.3. The molecule has 0 aliphatic carbocycles. The van der Waals surface area contributed by atoms with Crippen LogP contribution in [0.4, 0.5) is 4.79 Å². The molecule has 5 nitrogen and oxygen atoms in total. The summed E-state index contributed by atoms with van der Waals surface area (Å²) in [5, 5.41) is 2.90. The molecule has 5 heteroatoms. The van der Waals surface area contributed by atoms with Gasteiger partial charge in [0.2, 0.25) is 0 Å². The molecule has 0 aliphatic heterocycles. The fourth-order valence-corrected chi connectivity index (χ4v) is 2.13. The Morgan fingerprint density at radius 1 is 1.32 bits per heavy atom. The summed E-state index contributed by atoms with van der Waals surface area (Å²) in [4.78, 5) is 19.6. The molecule has 2 aromatic rings. The Kier molecular flexibility index (Phi) is 4.85. The minimum Gasteiger partial charge on any atom is -0.444 e. The number of H-pyrrole nitrogens is 1. The Morgan fingerprint density at radius 3 is 2.55 bits per heavy atom. The molecular formula is C17H23N3O2. The second-order valence-electron chi connectivity index (χ2n) is 6.34. The third-order valence-electron chi connectivity index (χ3n) is 3.03. The van der Waals surface area contributed by atoms with Gasteiger partial charge in [-0.25, -0.2) is 9.78 Å². The number of hydrogen-bond acceptors (Lipinski definition) is 3. The molecule has 0 saturated heterocycles. The highest BCUT2D eigenvalue weighted by Crippen LogP contribution is 2.17. The summed E-state index contributed by atoms with van der Waals surface area (Å²) in [6.45, 7) is 7.46. The number of aromatic amines is 1. The minimum atomic E-state index is -0.527. The van der Waals surface area contributed by atoms with Crippen LogP contribution < -0.4 is 5.32 Å². The number of benzene rings is 1. The van der Waals surface area contributed by atoms with E-state index in [0.29, 0.717) is 6.42 Å². The highest BCUT2D eigenvalue weighted by atomic mass is 16.6. The third-order valence-corrected chi connectivity index (χ3v) is 3.03. The van der Waals surface area contributed by atoms with Crippen LogP contribution in [-0.4, -0.2) is 21.7 Å². The van der Waals surface area contributed by atoms with E-state index in [1.54, 1.807) is 6.20 Å². The first kappa shape index (κ1) is 16.1. The van der Waals surface area contributed by atoms with Crippen LogP contribution in [-0.2, 0) is 11.2 Å². The standard InChI is InChI=1S/C17H23N3O2/c1-12-11-18-15(19-12)14(10-13-8-6-5-7-9-13)20-16(21)22-17(2,3)4/h5-9,11,14H,10H2,1-4H3,(H,18,19)(H,20,21)/t14-/m0/s1. The molecule has 0 radical (unpaired) electrons. The molecule has 1 aromatic heterocycles. The van der Waals surface area contributed by atoms with Crippen molar-refractivity contribution in [3.05, 3.63) is 53.6 Å². The van der Waals surface area contributed by atoms with Crippen molar-refractivity contribution >= 4 is 6.09 Å². The van der Waals surface area contributed by atoms with Gasteiger partial charge in [0.1, 0.15) is 11.4 Å². The lowest BCUT2D eigenvalue weighted by Crippen LogP contribution is -2.36. The van der Waals surface area contributed by atoms with Gasteiger partial charge in [-0.1, -0.05) is 30.3 Å². The average Bonchev–Trinajstić information content (AvgIpc) is 2.84. The second-order valence-corrected chi connectivity index (χ2v) is 6.34. The molecule has 2 rings (SSSR count). The zero-order valence-electron chi connectivity index (χ0n) is 13.5. The van der Waals surface area contributed by atoms with E-state index >= 15 is 0 Å². The third kappa shape index (κ3) is 4.91. The highest BCUT2D eigenvalue weighted by molar-refractivity contribution is 5.68. The number of carbonyl (C=O) groups excluding carboxylic acids is 1. The molecule has 1 amide bonds. The number of nitrogens with one attached hydrogen (secondary N) is 2. The zero-order valence-corrected chi connectivity index (χ0v) is 13.5. The van der Waals surface area contributed by atoms with Crippen LogP contribution in [0.3, 0.4) is 0 Å². The number of nitrogens with zero attached hydrogens (tertiary/aromatic N) is 1. The molecule has 1 atom stereocenters. The van der Waals surface area contributed by atoms with Gasteiger partial charge in [0, 0.05) is 18.3 Å². The number of aryl methyl sites for hydroxylation is 1. The lowest BCUT2D eigenvalue weighted by Gasteiger charge is -2.23. The fourth-order valence-electron chi connectivity index (χ4n) is 2.13. The number of hydrogen-bond donors (Lipinski definition) is 2. The molecule has 0 aliphatic rings. The lowest BCUT2D eigenvalue weighted by atomic mass is 10.1. The molecule has 2 N–H and O–H groups in total. The van der Waals surface area contributed by atoms with Crippen LogP contribution in [0.5, 0.6) is 0 Å². The Balaban J connectivity index is 2.13. The molecule has 1 heterocycles. The molecule has 1 aromatic carbocycles. The van der Waals surface area contributed by atoms with Gasteiger partial charge in [0.15, 0.2) is 0 Å². The summed E-state index contributed by atoms with van der Waals surface area (Å²) >= 11 is 0. The number of imidazole rings is 1. The van der Waals surface area contributed by atoms with Gasteiger partial charge in [-0.3, -0.25) is 0 Å². The summed E-state index contributed by atoms with van der Waals surface area (Å²) in [6.07, 6.45) is 1.96. The molecule has 0 saturated carbocycles. The normalized spacial score (nSPS) is 12.7. The topological polar surface area (TPSA) is 67.0 Å². The summed E-state index contributed by atoms with van der Waals surface area (Å²) < 4.78 is 5.34. The van der Waals surface area contributed by atoms with Gasteiger partial charge in [0.05, 0.1) is 6.04 Å². The summed E-state index contributed by atoms with van der Waals surface area (Å²) in [6, 6.07) is 9.72. The molecule has 0 bridgehead atoms. The van der Waals surface area contributed by atoms with Crippen molar-refractivity contribution in [3.8, 4) is 0 Å². The van der Waals surface area contributed by atoms with Gasteiger partial charge >= 0.3 is 6.09 Å². The van der Waals surface area contributed by atoms with Crippen molar-refractivity contribution < 1.29 is 9.53 Å². The van der Waals surface area contributed by atoms with E-state index in [2.05, 4.69) is 15.3 Å². The van der Waals surface area contributed by atoms with Crippen LogP contribution in [0.15, 0.2) is 36.5 Å². The van der Waals surface area contributed by atoms with E-state index in [9.17, 15) is 4.79 Å². The smallest absolute Gasteiger partial charge is 0.408 e. The maximum Gasteiger partial charge on any atom is 0.408 e. The van der Waals surface area contributed by atoms with E-state index < -0.39 is 11.7 Å². The van der Waals surface area contributed by atoms with Crippen LogP contribution in [0.25, 0.3) is 0 Å². The van der Waals surface area contributed by atoms with Gasteiger partial charge in [-0.2, -0.15) is 0 Å². The first-order valence-electron chi connectivity index (χ1n) is 7.38. The number of amides is 1. The van der Waals surface area contributed by atoms with Crippen molar-refractivity contribution in [1.29, 1.82) is 0 Å². The van der Waals surface area contributed by atoms with E-state index in [4.69, 9.17) is 4.74 Å². The lowest BCUT2D eigenvalue weighted by molar-refractivity contribution is 0.0501. The predicted molar refractivity (Wildman–Crippen MR) is 85.6 cm³/mol. The second kappa shape index (κ2) is 6.64. The number of alkyl carbamates (subject to hydrolysis) is 1. The monoisotopic (exact) mass is 301 g/mol. The van der Waals surface area contributed by atoms with Crippen molar-refractivity contribution in [1.82, 2.24) is 15.3 Å².